The highest BCUT2D eigenvalue weighted by molar-refractivity contribution is 9.10. The summed E-state index contributed by atoms with van der Waals surface area (Å²) in [5.74, 6) is -0.322. The second kappa shape index (κ2) is 8.13. The topological polar surface area (TPSA) is 66.8 Å². The van der Waals surface area contributed by atoms with Crippen LogP contribution in [0.15, 0.2) is 27.6 Å². The van der Waals surface area contributed by atoms with Crippen molar-refractivity contribution in [3.8, 4) is 5.75 Å². The third-order valence-electron chi connectivity index (χ3n) is 2.99. The van der Waals surface area contributed by atoms with Gasteiger partial charge in [0.15, 0.2) is 0 Å². The van der Waals surface area contributed by atoms with Crippen molar-refractivity contribution in [1.82, 2.24) is 4.90 Å². The van der Waals surface area contributed by atoms with Crippen molar-refractivity contribution >= 4 is 62.2 Å². The zero-order valence-corrected chi connectivity index (χ0v) is 16.3. The molecule has 0 bridgehead atoms. The van der Waals surface area contributed by atoms with Gasteiger partial charge < -0.3 is 9.84 Å². The van der Waals surface area contributed by atoms with Crippen molar-refractivity contribution in [3.63, 3.8) is 0 Å². The molecule has 0 aliphatic carbocycles. The number of thioether (sulfide) groups is 1. The van der Waals surface area contributed by atoms with E-state index in [-0.39, 0.29) is 10.2 Å². The molecule has 0 radical (unpaired) electrons. The zero-order chi connectivity index (χ0) is 17.9. The molecule has 1 N–H and O–H groups in total. The van der Waals surface area contributed by atoms with Gasteiger partial charge in [0, 0.05) is 0 Å². The van der Waals surface area contributed by atoms with E-state index in [1.54, 1.807) is 6.08 Å². The molecular formula is C16H16BrNO4S2. The number of ether oxygens (including phenoxy) is 1. The summed E-state index contributed by atoms with van der Waals surface area (Å²) in [6.45, 7) is 4.34. The molecule has 1 heterocycles. The second-order valence-corrected chi connectivity index (χ2v) is 8.09. The minimum atomic E-state index is -1.10. The number of rotatable bonds is 6. The summed E-state index contributed by atoms with van der Waals surface area (Å²) >= 11 is 9.63. The SMILES string of the molecule is CC(C)COc1ccc(/C=C2\SC(=S)N(CC(=O)O)C2=O)cc1Br. The number of aliphatic carboxylic acids is 1. The molecule has 8 heteroatoms. The third kappa shape index (κ3) is 4.81. The largest absolute Gasteiger partial charge is 0.492 e. The molecule has 1 saturated heterocycles. The van der Waals surface area contributed by atoms with Crippen LogP contribution in [-0.4, -0.2) is 39.4 Å². The van der Waals surface area contributed by atoms with Crippen LogP contribution >= 0.6 is 39.9 Å². The molecule has 0 aromatic heterocycles. The van der Waals surface area contributed by atoms with E-state index >= 15 is 0 Å². The number of carboxylic acids is 1. The molecule has 128 valence electrons. The summed E-state index contributed by atoms with van der Waals surface area (Å²) in [5, 5.41) is 8.84. The summed E-state index contributed by atoms with van der Waals surface area (Å²) in [6.07, 6.45) is 1.69. The lowest BCUT2D eigenvalue weighted by Crippen LogP contribution is -2.33. The number of amides is 1. The van der Waals surface area contributed by atoms with Gasteiger partial charge in [0.2, 0.25) is 0 Å². The van der Waals surface area contributed by atoms with E-state index in [0.717, 1.165) is 32.4 Å². The van der Waals surface area contributed by atoms with Crippen LogP contribution < -0.4 is 4.74 Å². The fourth-order valence-electron chi connectivity index (χ4n) is 1.90. The summed E-state index contributed by atoms with van der Waals surface area (Å²) in [7, 11) is 0. The first kappa shape index (κ1) is 19.0. The van der Waals surface area contributed by atoms with E-state index < -0.39 is 12.5 Å². The average molecular weight is 430 g/mol. The van der Waals surface area contributed by atoms with Crippen LogP contribution in [0.3, 0.4) is 0 Å². The third-order valence-corrected chi connectivity index (χ3v) is 4.99. The van der Waals surface area contributed by atoms with Gasteiger partial charge in [0.1, 0.15) is 16.6 Å². The van der Waals surface area contributed by atoms with Gasteiger partial charge in [-0.15, -0.1) is 0 Å². The molecule has 1 aliphatic rings. The fourth-order valence-corrected chi connectivity index (χ4v) is 3.67. The van der Waals surface area contributed by atoms with Gasteiger partial charge in [0.05, 0.1) is 16.0 Å². The van der Waals surface area contributed by atoms with Crippen LogP contribution in [0.5, 0.6) is 5.75 Å². The van der Waals surface area contributed by atoms with E-state index in [4.69, 9.17) is 22.1 Å². The van der Waals surface area contributed by atoms with Crippen LogP contribution in [0.25, 0.3) is 6.08 Å². The second-order valence-electron chi connectivity index (χ2n) is 5.56. The molecule has 24 heavy (non-hydrogen) atoms. The van der Waals surface area contributed by atoms with Crippen LogP contribution in [0.4, 0.5) is 0 Å². The Morgan fingerprint density at radius 2 is 2.21 bits per heavy atom. The van der Waals surface area contributed by atoms with Crippen molar-refractivity contribution in [2.24, 2.45) is 5.92 Å². The number of hydrogen-bond acceptors (Lipinski definition) is 5. The van der Waals surface area contributed by atoms with Crippen LogP contribution in [0.1, 0.15) is 19.4 Å². The minimum absolute atomic E-state index is 0.254. The van der Waals surface area contributed by atoms with Crippen molar-refractivity contribution in [1.29, 1.82) is 0 Å². The Kier molecular flexibility index (Phi) is 6.42. The van der Waals surface area contributed by atoms with Gasteiger partial charge in [-0.3, -0.25) is 14.5 Å². The Hall–Kier alpha value is -1.38. The molecule has 1 aromatic carbocycles. The highest BCUT2D eigenvalue weighted by Crippen LogP contribution is 2.34. The normalized spacial score (nSPS) is 16.3. The van der Waals surface area contributed by atoms with E-state index in [1.807, 2.05) is 18.2 Å². The summed E-state index contributed by atoms with van der Waals surface area (Å²) in [6, 6.07) is 5.51. The lowest BCUT2D eigenvalue weighted by Gasteiger charge is -2.11. The number of carbonyl (C=O) groups is 2. The number of halogens is 1. The predicted molar refractivity (Wildman–Crippen MR) is 102 cm³/mol. The molecular weight excluding hydrogens is 414 g/mol. The Balaban J connectivity index is 2.16. The highest BCUT2D eigenvalue weighted by Gasteiger charge is 2.33. The van der Waals surface area contributed by atoms with Gasteiger partial charge in [0.25, 0.3) is 5.91 Å². The van der Waals surface area contributed by atoms with Crippen molar-refractivity contribution in [2.75, 3.05) is 13.2 Å². The molecule has 1 amide bonds. The van der Waals surface area contributed by atoms with E-state index in [2.05, 4.69) is 29.8 Å². The molecule has 2 rings (SSSR count). The lowest BCUT2D eigenvalue weighted by atomic mass is 10.2. The Bertz CT molecular complexity index is 718. The minimum Gasteiger partial charge on any atom is -0.492 e. The molecule has 0 unspecified atom stereocenters. The summed E-state index contributed by atoms with van der Waals surface area (Å²) in [5.41, 5.74) is 0.801. The van der Waals surface area contributed by atoms with E-state index in [0.29, 0.717) is 17.4 Å². The van der Waals surface area contributed by atoms with Gasteiger partial charge in [-0.25, -0.2) is 0 Å². The maximum absolute atomic E-state index is 12.2. The number of nitrogens with zero attached hydrogens (tertiary/aromatic N) is 1. The Morgan fingerprint density at radius 1 is 1.50 bits per heavy atom. The Morgan fingerprint density at radius 3 is 2.79 bits per heavy atom. The van der Waals surface area contributed by atoms with Crippen molar-refractivity contribution in [3.05, 3.63) is 33.1 Å². The first-order chi connectivity index (χ1) is 11.3. The van der Waals surface area contributed by atoms with Crippen LogP contribution in [0, 0.1) is 5.92 Å². The molecule has 1 aliphatic heterocycles. The van der Waals surface area contributed by atoms with E-state index in [1.165, 1.54) is 0 Å². The fraction of sp³-hybridized carbons (Fsp3) is 0.312. The van der Waals surface area contributed by atoms with Crippen LogP contribution in [-0.2, 0) is 9.59 Å². The smallest absolute Gasteiger partial charge is 0.323 e. The zero-order valence-electron chi connectivity index (χ0n) is 13.1. The van der Waals surface area contributed by atoms with Crippen molar-refractivity contribution < 1.29 is 19.4 Å². The molecule has 1 fully saturated rings. The number of carboxylic acid groups (broad SMARTS) is 1. The predicted octanol–water partition coefficient (Wildman–Crippen LogP) is 3.77. The monoisotopic (exact) mass is 429 g/mol. The van der Waals surface area contributed by atoms with Gasteiger partial charge in [-0.1, -0.05) is 43.9 Å². The maximum Gasteiger partial charge on any atom is 0.323 e. The number of benzene rings is 1. The van der Waals surface area contributed by atoms with Crippen molar-refractivity contribution in [2.45, 2.75) is 13.8 Å². The molecule has 0 spiro atoms. The van der Waals surface area contributed by atoms with Crippen LogP contribution in [0.2, 0.25) is 0 Å². The maximum atomic E-state index is 12.2. The first-order valence-electron chi connectivity index (χ1n) is 7.17. The molecule has 0 saturated carbocycles. The first-order valence-corrected chi connectivity index (χ1v) is 9.19. The lowest BCUT2D eigenvalue weighted by molar-refractivity contribution is -0.140. The van der Waals surface area contributed by atoms with Gasteiger partial charge in [-0.2, -0.15) is 0 Å². The summed E-state index contributed by atoms with van der Waals surface area (Å²) in [4.78, 5) is 24.5. The van der Waals surface area contributed by atoms with Gasteiger partial charge in [-0.05, 0) is 45.6 Å². The number of thiocarbonyl (C=S) groups is 1. The highest BCUT2D eigenvalue weighted by atomic mass is 79.9. The Labute approximate surface area is 158 Å². The average Bonchev–Trinajstić information content (AvgIpc) is 2.73. The number of hydrogen-bond donors (Lipinski definition) is 1. The molecule has 1 aromatic rings. The van der Waals surface area contributed by atoms with E-state index in [9.17, 15) is 9.59 Å². The summed E-state index contributed by atoms with van der Waals surface area (Å²) < 4.78 is 6.73. The standard InChI is InChI=1S/C16H16BrNO4S2/c1-9(2)8-22-12-4-3-10(5-11(12)17)6-13-15(21)18(7-14(19)20)16(23)24-13/h3-6,9H,7-8H2,1-2H3,(H,19,20)/b13-6-. The molecule has 0 atom stereocenters. The quantitative estimate of drug-likeness (QED) is 0.548. The number of carbonyl (C=O) groups excluding carboxylic acids is 1. The van der Waals surface area contributed by atoms with Gasteiger partial charge >= 0.3 is 5.97 Å². The molecule has 5 nitrogen and oxygen atoms in total.